The lowest BCUT2D eigenvalue weighted by atomic mass is 9.98. The number of aromatic nitrogens is 1. The van der Waals surface area contributed by atoms with Gasteiger partial charge in [-0.1, -0.05) is 6.07 Å². The van der Waals surface area contributed by atoms with Crippen LogP contribution >= 0.6 is 0 Å². The van der Waals surface area contributed by atoms with E-state index in [2.05, 4.69) is 4.98 Å². The highest BCUT2D eigenvalue weighted by molar-refractivity contribution is 5.37. The number of pyridine rings is 1. The van der Waals surface area contributed by atoms with Gasteiger partial charge in [-0.3, -0.25) is 4.98 Å². The van der Waals surface area contributed by atoms with E-state index in [1.54, 1.807) is 19.9 Å². The number of aliphatic hydroxyl groups is 1. The summed E-state index contributed by atoms with van der Waals surface area (Å²) in [6, 6.07) is 4.81. The zero-order chi connectivity index (χ0) is 15.8. The lowest BCUT2D eigenvalue weighted by Crippen LogP contribution is -2.10. The van der Waals surface area contributed by atoms with Crippen molar-refractivity contribution in [3.05, 3.63) is 64.2 Å². The third-order valence-corrected chi connectivity index (χ3v) is 3.15. The van der Waals surface area contributed by atoms with Crippen LogP contribution in [0.25, 0.3) is 0 Å². The van der Waals surface area contributed by atoms with Crippen LogP contribution in [0.3, 0.4) is 0 Å². The van der Waals surface area contributed by atoms with Gasteiger partial charge in [0.15, 0.2) is 0 Å². The van der Waals surface area contributed by atoms with E-state index in [0.29, 0.717) is 17.3 Å². The fourth-order valence-corrected chi connectivity index (χ4v) is 2.16. The van der Waals surface area contributed by atoms with E-state index in [1.807, 2.05) is 0 Å². The second kappa shape index (κ2) is 5.44. The molecule has 0 amide bonds. The second-order valence-electron chi connectivity index (χ2n) is 4.85. The molecule has 6 heteroatoms. The van der Waals surface area contributed by atoms with Crippen molar-refractivity contribution in [1.82, 2.24) is 4.98 Å². The first-order valence-corrected chi connectivity index (χ1v) is 6.18. The fourth-order valence-electron chi connectivity index (χ4n) is 2.16. The summed E-state index contributed by atoms with van der Waals surface area (Å²) < 4.78 is 51.3. The van der Waals surface area contributed by atoms with Crippen LogP contribution in [0.1, 0.15) is 34.1 Å². The molecule has 1 unspecified atom stereocenters. The number of benzene rings is 1. The van der Waals surface area contributed by atoms with E-state index < -0.39 is 23.7 Å². The highest BCUT2D eigenvalue weighted by atomic mass is 19.4. The minimum absolute atomic E-state index is 0.0212. The van der Waals surface area contributed by atoms with E-state index in [0.717, 1.165) is 12.1 Å². The Labute approximate surface area is 119 Å². The molecule has 112 valence electrons. The van der Waals surface area contributed by atoms with Crippen molar-refractivity contribution >= 4 is 0 Å². The largest absolute Gasteiger partial charge is 0.417 e. The van der Waals surface area contributed by atoms with Crippen LogP contribution in [-0.2, 0) is 6.18 Å². The third kappa shape index (κ3) is 3.21. The Morgan fingerprint density at radius 3 is 2.29 bits per heavy atom. The molecule has 0 saturated heterocycles. The molecule has 1 N–H and O–H groups in total. The van der Waals surface area contributed by atoms with E-state index >= 15 is 0 Å². The highest BCUT2D eigenvalue weighted by Gasteiger charge is 2.31. The molecule has 1 aromatic heterocycles. The number of halogens is 4. The van der Waals surface area contributed by atoms with Crippen molar-refractivity contribution in [2.45, 2.75) is 26.1 Å². The van der Waals surface area contributed by atoms with Gasteiger partial charge in [0, 0.05) is 11.8 Å². The van der Waals surface area contributed by atoms with Crippen LogP contribution in [-0.4, -0.2) is 10.1 Å². The number of nitrogens with zero attached hydrogens (tertiary/aromatic N) is 1. The smallest absolute Gasteiger partial charge is 0.382 e. The summed E-state index contributed by atoms with van der Waals surface area (Å²) in [5, 5.41) is 10.2. The van der Waals surface area contributed by atoms with Crippen molar-refractivity contribution in [2.75, 3.05) is 0 Å². The van der Waals surface area contributed by atoms with Crippen LogP contribution < -0.4 is 0 Å². The number of hydrogen-bond acceptors (Lipinski definition) is 2. The maximum atomic E-state index is 13.9. The molecule has 1 atom stereocenters. The molecular formula is C15H13F4NO. The lowest BCUT2D eigenvalue weighted by Gasteiger charge is -2.16. The Kier molecular flexibility index (Phi) is 4.00. The molecule has 0 fully saturated rings. The average molecular weight is 299 g/mol. The minimum Gasteiger partial charge on any atom is -0.382 e. The van der Waals surface area contributed by atoms with Gasteiger partial charge in [0.2, 0.25) is 0 Å². The Bertz CT molecular complexity index is 627. The molecule has 2 aromatic rings. The topological polar surface area (TPSA) is 33.1 Å². The van der Waals surface area contributed by atoms with Gasteiger partial charge in [0.25, 0.3) is 0 Å². The molecule has 0 aliphatic rings. The molecule has 0 aliphatic carbocycles. The average Bonchev–Trinajstić information content (AvgIpc) is 2.36. The Morgan fingerprint density at radius 1 is 1.14 bits per heavy atom. The molecule has 1 aromatic carbocycles. The third-order valence-electron chi connectivity index (χ3n) is 3.15. The van der Waals surface area contributed by atoms with E-state index in [9.17, 15) is 22.7 Å². The molecule has 0 radical (unpaired) electrons. The Balaban J connectivity index is 2.39. The Morgan fingerprint density at radius 2 is 1.81 bits per heavy atom. The summed E-state index contributed by atoms with van der Waals surface area (Å²) in [4.78, 5) is 3.59. The maximum absolute atomic E-state index is 13.9. The maximum Gasteiger partial charge on any atom is 0.417 e. The van der Waals surface area contributed by atoms with E-state index in [-0.39, 0.29) is 11.3 Å². The monoisotopic (exact) mass is 299 g/mol. The molecule has 21 heavy (non-hydrogen) atoms. The first kappa shape index (κ1) is 15.4. The van der Waals surface area contributed by atoms with Gasteiger partial charge < -0.3 is 5.11 Å². The summed E-state index contributed by atoms with van der Waals surface area (Å²) in [6.45, 7) is 3.33. The standard InChI is InChI=1S/C15H13F4NO/c1-8-5-9(2)13(11(16)6-8)14(21)12-4-3-10(7-20-12)15(17,18)19/h3-7,14,21H,1-2H3. The van der Waals surface area contributed by atoms with Gasteiger partial charge in [-0.05, 0) is 43.2 Å². The summed E-state index contributed by atoms with van der Waals surface area (Å²) in [7, 11) is 0. The molecule has 0 spiro atoms. The van der Waals surface area contributed by atoms with Crippen molar-refractivity contribution < 1.29 is 22.7 Å². The van der Waals surface area contributed by atoms with Gasteiger partial charge in [-0.25, -0.2) is 4.39 Å². The summed E-state index contributed by atoms with van der Waals surface area (Å²) in [5.41, 5.74) is 0.282. The Hall–Kier alpha value is -1.95. The highest BCUT2D eigenvalue weighted by Crippen LogP contribution is 2.31. The summed E-state index contributed by atoms with van der Waals surface area (Å²) >= 11 is 0. The molecule has 2 nitrogen and oxygen atoms in total. The molecule has 0 aliphatic heterocycles. The molecule has 1 heterocycles. The number of hydrogen-bond donors (Lipinski definition) is 1. The summed E-state index contributed by atoms with van der Waals surface area (Å²) in [5.74, 6) is -0.610. The van der Waals surface area contributed by atoms with Crippen molar-refractivity contribution in [3.8, 4) is 0 Å². The number of rotatable bonds is 2. The zero-order valence-electron chi connectivity index (χ0n) is 11.4. The molecule has 2 rings (SSSR count). The summed E-state index contributed by atoms with van der Waals surface area (Å²) in [6.07, 6.45) is -5.28. The van der Waals surface area contributed by atoms with Crippen LogP contribution in [0.5, 0.6) is 0 Å². The predicted molar refractivity (Wildman–Crippen MR) is 69.2 cm³/mol. The van der Waals surface area contributed by atoms with Crippen molar-refractivity contribution in [3.63, 3.8) is 0 Å². The van der Waals surface area contributed by atoms with Gasteiger partial charge in [0.1, 0.15) is 11.9 Å². The van der Waals surface area contributed by atoms with E-state index in [1.165, 1.54) is 6.07 Å². The molecular weight excluding hydrogens is 286 g/mol. The van der Waals surface area contributed by atoms with Gasteiger partial charge >= 0.3 is 6.18 Å². The first-order chi connectivity index (χ1) is 9.70. The van der Waals surface area contributed by atoms with Gasteiger partial charge in [-0.15, -0.1) is 0 Å². The SMILES string of the molecule is Cc1cc(C)c(C(O)c2ccc(C(F)(F)F)cn2)c(F)c1. The first-order valence-electron chi connectivity index (χ1n) is 6.18. The van der Waals surface area contributed by atoms with Gasteiger partial charge in [-0.2, -0.15) is 13.2 Å². The van der Waals surface area contributed by atoms with Crippen LogP contribution in [0.4, 0.5) is 17.6 Å². The molecule has 0 bridgehead atoms. The lowest BCUT2D eigenvalue weighted by molar-refractivity contribution is -0.137. The van der Waals surface area contributed by atoms with Crippen LogP contribution in [0, 0.1) is 19.7 Å². The number of aliphatic hydroxyl groups excluding tert-OH is 1. The normalized spacial score (nSPS) is 13.3. The molecule has 0 saturated carbocycles. The van der Waals surface area contributed by atoms with Crippen LogP contribution in [0.2, 0.25) is 0 Å². The van der Waals surface area contributed by atoms with Gasteiger partial charge in [0.05, 0.1) is 11.3 Å². The van der Waals surface area contributed by atoms with E-state index in [4.69, 9.17) is 0 Å². The second-order valence-corrected chi connectivity index (χ2v) is 4.85. The number of alkyl halides is 3. The number of aryl methyl sites for hydroxylation is 2. The predicted octanol–water partition coefficient (Wildman–Crippen LogP) is 3.94. The zero-order valence-corrected chi connectivity index (χ0v) is 11.4. The van der Waals surface area contributed by atoms with Crippen molar-refractivity contribution in [2.24, 2.45) is 0 Å². The fraction of sp³-hybridized carbons (Fsp3) is 0.267. The van der Waals surface area contributed by atoms with Crippen molar-refractivity contribution in [1.29, 1.82) is 0 Å². The quantitative estimate of drug-likeness (QED) is 0.852. The van der Waals surface area contributed by atoms with Crippen LogP contribution in [0.15, 0.2) is 30.5 Å². The minimum atomic E-state index is -4.50.